The van der Waals surface area contributed by atoms with Crippen molar-refractivity contribution in [3.8, 4) is 11.5 Å². The molecule has 0 N–H and O–H groups in total. The van der Waals surface area contributed by atoms with E-state index in [0.29, 0.717) is 5.75 Å². The van der Waals surface area contributed by atoms with Gasteiger partial charge in [0.2, 0.25) is 6.10 Å². The van der Waals surface area contributed by atoms with E-state index >= 15 is 0 Å². The second kappa shape index (κ2) is 7.45. The van der Waals surface area contributed by atoms with Crippen LogP contribution in [0, 0.1) is 0 Å². The van der Waals surface area contributed by atoms with Crippen LogP contribution in [0.1, 0.15) is 11.6 Å². The molecule has 4 nitrogen and oxygen atoms in total. The van der Waals surface area contributed by atoms with Gasteiger partial charge in [-0.15, -0.1) is 0 Å². The van der Waals surface area contributed by atoms with Crippen LogP contribution in [0.3, 0.4) is 0 Å². The summed E-state index contributed by atoms with van der Waals surface area (Å²) in [6.07, 6.45) is -0.576. The zero-order chi connectivity index (χ0) is 18.8. The van der Waals surface area contributed by atoms with E-state index in [2.05, 4.69) is 15.9 Å². The Morgan fingerprint density at radius 1 is 0.852 bits per heavy atom. The molecule has 3 aromatic rings. The molecule has 1 fully saturated rings. The lowest BCUT2D eigenvalue weighted by Gasteiger charge is -2.47. The minimum atomic E-state index is -0.576. The summed E-state index contributed by atoms with van der Waals surface area (Å²) in [7, 11) is 1.62. The number of carbonyl (C=O) groups excluding carboxylic acids is 1. The Kier molecular flexibility index (Phi) is 4.86. The van der Waals surface area contributed by atoms with Gasteiger partial charge < -0.3 is 9.47 Å². The number of para-hydroxylation sites is 1. The highest BCUT2D eigenvalue weighted by Gasteiger charge is 2.51. The summed E-state index contributed by atoms with van der Waals surface area (Å²) in [4.78, 5) is 14.7. The van der Waals surface area contributed by atoms with Gasteiger partial charge >= 0.3 is 0 Å². The summed E-state index contributed by atoms with van der Waals surface area (Å²) in [6.45, 7) is 0. The maximum Gasteiger partial charge on any atom is 0.271 e. The predicted octanol–water partition coefficient (Wildman–Crippen LogP) is 4.99. The first-order chi connectivity index (χ1) is 13.2. The topological polar surface area (TPSA) is 38.8 Å². The molecule has 3 aromatic carbocycles. The number of halogens is 1. The maximum absolute atomic E-state index is 13.0. The van der Waals surface area contributed by atoms with E-state index in [1.54, 1.807) is 12.0 Å². The molecule has 136 valence electrons. The van der Waals surface area contributed by atoms with Crippen LogP contribution in [0.4, 0.5) is 5.69 Å². The molecule has 0 aliphatic carbocycles. The van der Waals surface area contributed by atoms with Gasteiger partial charge in [0.25, 0.3) is 5.91 Å². The van der Waals surface area contributed by atoms with Crippen LogP contribution < -0.4 is 14.4 Å². The molecule has 5 heteroatoms. The SMILES string of the molecule is COc1ccc(N2C(=O)[C@@H](Oc3ccccc3)[C@H]2c2ccccc2Br)cc1. The van der Waals surface area contributed by atoms with Gasteiger partial charge in [0.15, 0.2) is 0 Å². The van der Waals surface area contributed by atoms with Crippen molar-refractivity contribution < 1.29 is 14.3 Å². The fourth-order valence-electron chi connectivity index (χ4n) is 3.27. The van der Waals surface area contributed by atoms with Gasteiger partial charge in [0.05, 0.1) is 7.11 Å². The van der Waals surface area contributed by atoms with Gasteiger partial charge in [0.1, 0.15) is 17.5 Å². The average molecular weight is 424 g/mol. The normalized spacial score (nSPS) is 18.7. The summed E-state index contributed by atoms with van der Waals surface area (Å²) in [5.41, 5.74) is 1.82. The van der Waals surface area contributed by atoms with Crippen molar-refractivity contribution >= 4 is 27.5 Å². The monoisotopic (exact) mass is 423 g/mol. The maximum atomic E-state index is 13.0. The molecule has 1 aliphatic heterocycles. The second-order valence-corrected chi connectivity index (χ2v) is 7.08. The molecule has 1 heterocycles. The smallest absolute Gasteiger partial charge is 0.271 e. The lowest BCUT2D eigenvalue weighted by Crippen LogP contribution is -2.61. The van der Waals surface area contributed by atoms with Crippen molar-refractivity contribution in [2.45, 2.75) is 12.1 Å². The summed E-state index contributed by atoms with van der Waals surface area (Å²) in [6, 6.07) is 24.6. The van der Waals surface area contributed by atoms with Crippen LogP contribution in [0.2, 0.25) is 0 Å². The molecule has 4 rings (SSSR count). The molecule has 1 aliphatic rings. The van der Waals surface area contributed by atoms with E-state index < -0.39 is 6.10 Å². The molecule has 0 unspecified atom stereocenters. The number of hydrogen-bond donors (Lipinski definition) is 0. The van der Waals surface area contributed by atoms with Gasteiger partial charge in [-0.05, 0) is 48.0 Å². The highest BCUT2D eigenvalue weighted by atomic mass is 79.9. The number of carbonyl (C=O) groups is 1. The lowest BCUT2D eigenvalue weighted by molar-refractivity contribution is -0.135. The fraction of sp³-hybridized carbons (Fsp3) is 0.136. The molecular weight excluding hydrogens is 406 g/mol. The standard InChI is InChI=1S/C22H18BrNO3/c1-26-16-13-11-15(12-14-16)24-20(18-9-5-6-10-19(18)23)21(22(24)25)27-17-7-3-2-4-8-17/h2-14,20-21H,1H3/t20-,21+/m1/s1. The van der Waals surface area contributed by atoms with Gasteiger partial charge in [-0.3, -0.25) is 9.69 Å². The Labute approximate surface area is 166 Å². The van der Waals surface area contributed by atoms with Crippen LogP contribution in [-0.2, 0) is 4.79 Å². The van der Waals surface area contributed by atoms with Crippen molar-refractivity contribution in [3.63, 3.8) is 0 Å². The number of amides is 1. The van der Waals surface area contributed by atoms with Crippen LogP contribution in [-0.4, -0.2) is 19.1 Å². The third kappa shape index (κ3) is 3.30. The first-order valence-electron chi connectivity index (χ1n) is 8.62. The predicted molar refractivity (Wildman–Crippen MR) is 108 cm³/mol. The van der Waals surface area contributed by atoms with Crippen molar-refractivity contribution in [3.05, 3.63) is 88.9 Å². The minimum absolute atomic E-state index is 0.0650. The third-order valence-corrected chi connectivity index (χ3v) is 5.35. The van der Waals surface area contributed by atoms with Crippen LogP contribution in [0.25, 0.3) is 0 Å². The molecular formula is C22H18BrNO3. The molecule has 1 saturated heterocycles. The van der Waals surface area contributed by atoms with E-state index in [1.807, 2.05) is 78.9 Å². The average Bonchev–Trinajstić information content (AvgIpc) is 2.72. The summed E-state index contributed by atoms with van der Waals surface area (Å²) >= 11 is 3.61. The number of β-lactam (4-membered cyclic amide) rings is 1. The zero-order valence-electron chi connectivity index (χ0n) is 14.7. The first-order valence-corrected chi connectivity index (χ1v) is 9.41. The van der Waals surface area contributed by atoms with Crippen LogP contribution in [0.5, 0.6) is 11.5 Å². The van der Waals surface area contributed by atoms with Crippen LogP contribution in [0.15, 0.2) is 83.3 Å². The van der Waals surface area contributed by atoms with Gasteiger partial charge in [-0.2, -0.15) is 0 Å². The van der Waals surface area contributed by atoms with E-state index in [9.17, 15) is 4.79 Å². The number of benzene rings is 3. The third-order valence-electron chi connectivity index (χ3n) is 4.63. The highest BCUT2D eigenvalue weighted by Crippen LogP contribution is 2.43. The Morgan fingerprint density at radius 3 is 2.19 bits per heavy atom. The summed E-state index contributed by atoms with van der Waals surface area (Å²) in [5.74, 6) is 1.37. The molecule has 0 bridgehead atoms. The van der Waals surface area contributed by atoms with Gasteiger partial charge in [-0.1, -0.05) is 52.3 Å². The number of ether oxygens (including phenoxy) is 2. The highest BCUT2D eigenvalue weighted by molar-refractivity contribution is 9.10. The molecule has 1 amide bonds. The van der Waals surface area contributed by atoms with E-state index in [0.717, 1.165) is 21.5 Å². The molecule has 0 aromatic heterocycles. The van der Waals surface area contributed by atoms with Crippen molar-refractivity contribution in [2.24, 2.45) is 0 Å². The Morgan fingerprint density at radius 2 is 1.52 bits per heavy atom. The summed E-state index contributed by atoms with van der Waals surface area (Å²) in [5, 5.41) is 0. The fourth-order valence-corrected chi connectivity index (χ4v) is 3.79. The summed E-state index contributed by atoms with van der Waals surface area (Å²) < 4.78 is 12.2. The first kappa shape index (κ1) is 17.6. The Hall–Kier alpha value is -2.79. The van der Waals surface area contributed by atoms with Crippen molar-refractivity contribution in [1.82, 2.24) is 0 Å². The second-order valence-electron chi connectivity index (χ2n) is 6.22. The van der Waals surface area contributed by atoms with Gasteiger partial charge in [-0.25, -0.2) is 0 Å². The number of anilines is 1. The molecule has 0 spiro atoms. The number of methoxy groups -OCH3 is 1. The van der Waals surface area contributed by atoms with E-state index in [-0.39, 0.29) is 11.9 Å². The van der Waals surface area contributed by atoms with Crippen molar-refractivity contribution in [1.29, 1.82) is 0 Å². The lowest BCUT2D eigenvalue weighted by atomic mass is 9.89. The zero-order valence-corrected chi connectivity index (χ0v) is 16.3. The number of hydrogen-bond acceptors (Lipinski definition) is 3. The Balaban J connectivity index is 1.70. The minimum Gasteiger partial charge on any atom is -0.497 e. The quantitative estimate of drug-likeness (QED) is 0.542. The molecule has 27 heavy (non-hydrogen) atoms. The molecule has 0 saturated carbocycles. The molecule has 0 radical (unpaired) electrons. The molecule has 2 atom stereocenters. The van der Waals surface area contributed by atoms with E-state index in [4.69, 9.17) is 9.47 Å². The Bertz CT molecular complexity index is 943. The van der Waals surface area contributed by atoms with Crippen molar-refractivity contribution in [2.75, 3.05) is 12.0 Å². The van der Waals surface area contributed by atoms with Gasteiger partial charge in [0, 0.05) is 10.2 Å². The number of rotatable bonds is 5. The van der Waals surface area contributed by atoms with E-state index in [1.165, 1.54) is 0 Å². The number of nitrogens with zero attached hydrogens (tertiary/aromatic N) is 1. The van der Waals surface area contributed by atoms with Crippen LogP contribution >= 0.6 is 15.9 Å². The largest absolute Gasteiger partial charge is 0.497 e.